The molecule has 0 aliphatic carbocycles. The van der Waals surface area contributed by atoms with Gasteiger partial charge in [0.05, 0.1) is 11.5 Å². The highest BCUT2D eigenvalue weighted by Gasteiger charge is 2.14. The van der Waals surface area contributed by atoms with Crippen LogP contribution in [0.15, 0.2) is 22.7 Å². The molecule has 2 aromatic rings. The van der Waals surface area contributed by atoms with Crippen LogP contribution in [-0.4, -0.2) is 15.1 Å². The average Bonchev–Trinajstić information content (AvgIpc) is 2.73. The van der Waals surface area contributed by atoms with Crippen molar-refractivity contribution in [1.29, 1.82) is 0 Å². The standard InChI is InChI=1S/C10H9ClN4O3/c1-6-13-10(18-14-6)5-12-8-3-2-7(11)4-9(8)15(16)17/h2-4,12H,5H2,1H3. The molecule has 0 bridgehead atoms. The van der Waals surface area contributed by atoms with Gasteiger partial charge < -0.3 is 9.84 Å². The van der Waals surface area contributed by atoms with Crippen LogP contribution in [0.3, 0.4) is 0 Å². The van der Waals surface area contributed by atoms with E-state index in [2.05, 4.69) is 15.5 Å². The van der Waals surface area contributed by atoms with Gasteiger partial charge in [-0.25, -0.2) is 0 Å². The molecule has 0 amide bonds. The zero-order valence-electron chi connectivity index (χ0n) is 9.38. The Morgan fingerprint density at radius 3 is 2.94 bits per heavy atom. The van der Waals surface area contributed by atoms with Crippen LogP contribution in [0.1, 0.15) is 11.7 Å². The van der Waals surface area contributed by atoms with Crippen LogP contribution in [0.5, 0.6) is 0 Å². The van der Waals surface area contributed by atoms with Crippen LogP contribution in [0.2, 0.25) is 5.02 Å². The van der Waals surface area contributed by atoms with Gasteiger partial charge >= 0.3 is 0 Å². The van der Waals surface area contributed by atoms with E-state index < -0.39 is 4.92 Å². The number of hydrogen-bond acceptors (Lipinski definition) is 6. The smallest absolute Gasteiger partial charge is 0.293 e. The Morgan fingerprint density at radius 2 is 2.33 bits per heavy atom. The molecule has 0 spiro atoms. The molecule has 0 aliphatic rings. The van der Waals surface area contributed by atoms with E-state index in [-0.39, 0.29) is 12.2 Å². The molecule has 0 aliphatic heterocycles. The molecule has 8 heteroatoms. The predicted octanol–water partition coefficient (Wildman–Crippen LogP) is 2.55. The van der Waals surface area contributed by atoms with Crippen molar-refractivity contribution in [2.45, 2.75) is 13.5 Å². The average molecular weight is 269 g/mol. The molecule has 0 radical (unpaired) electrons. The van der Waals surface area contributed by atoms with Crippen molar-refractivity contribution >= 4 is 23.0 Å². The Morgan fingerprint density at radius 1 is 1.56 bits per heavy atom. The fraction of sp³-hybridized carbons (Fsp3) is 0.200. The van der Waals surface area contributed by atoms with Gasteiger partial charge in [0.1, 0.15) is 5.69 Å². The second kappa shape index (κ2) is 5.01. The third-order valence-electron chi connectivity index (χ3n) is 2.16. The third-order valence-corrected chi connectivity index (χ3v) is 2.39. The molecular weight excluding hydrogens is 260 g/mol. The summed E-state index contributed by atoms with van der Waals surface area (Å²) in [5.74, 6) is 0.870. The number of anilines is 1. The minimum Gasteiger partial charge on any atom is -0.371 e. The van der Waals surface area contributed by atoms with E-state index in [1.807, 2.05) is 0 Å². The maximum Gasteiger partial charge on any atom is 0.293 e. The summed E-state index contributed by atoms with van der Waals surface area (Å²) in [5.41, 5.74) is 0.249. The molecule has 94 valence electrons. The maximum atomic E-state index is 10.8. The number of nitro groups is 1. The van der Waals surface area contributed by atoms with E-state index in [1.54, 1.807) is 13.0 Å². The lowest BCUT2D eigenvalue weighted by molar-refractivity contribution is -0.383. The second-order valence-electron chi connectivity index (χ2n) is 3.51. The zero-order valence-corrected chi connectivity index (χ0v) is 10.1. The van der Waals surface area contributed by atoms with Gasteiger partial charge in [-0.3, -0.25) is 10.1 Å². The number of aryl methyl sites for hydroxylation is 1. The SMILES string of the molecule is Cc1noc(CNc2ccc(Cl)cc2[N+](=O)[O-])n1. The lowest BCUT2D eigenvalue weighted by Gasteiger charge is -2.04. The summed E-state index contributed by atoms with van der Waals surface area (Å²) < 4.78 is 4.89. The first-order chi connectivity index (χ1) is 8.56. The normalized spacial score (nSPS) is 10.3. The maximum absolute atomic E-state index is 10.8. The molecule has 0 saturated heterocycles. The van der Waals surface area contributed by atoms with Gasteiger partial charge in [0.2, 0.25) is 5.89 Å². The number of halogens is 1. The van der Waals surface area contributed by atoms with Crippen LogP contribution < -0.4 is 5.32 Å². The first kappa shape index (κ1) is 12.3. The Balaban J connectivity index is 2.16. The molecule has 1 N–H and O–H groups in total. The van der Waals surface area contributed by atoms with Gasteiger partial charge in [0.15, 0.2) is 5.82 Å². The van der Waals surface area contributed by atoms with Crippen molar-refractivity contribution in [2.75, 3.05) is 5.32 Å². The number of nitrogens with one attached hydrogen (secondary N) is 1. The Hall–Kier alpha value is -2.15. The van der Waals surface area contributed by atoms with Gasteiger partial charge in [0, 0.05) is 11.1 Å². The van der Waals surface area contributed by atoms with Crippen LogP contribution >= 0.6 is 11.6 Å². The molecule has 1 aromatic carbocycles. The molecule has 0 saturated carbocycles. The molecule has 0 unspecified atom stereocenters. The quantitative estimate of drug-likeness (QED) is 0.676. The van der Waals surface area contributed by atoms with E-state index >= 15 is 0 Å². The molecule has 1 aromatic heterocycles. The number of rotatable bonds is 4. The second-order valence-corrected chi connectivity index (χ2v) is 3.94. The van der Waals surface area contributed by atoms with Gasteiger partial charge in [0.25, 0.3) is 5.69 Å². The first-order valence-electron chi connectivity index (χ1n) is 5.03. The van der Waals surface area contributed by atoms with Crippen molar-refractivity contribution in [3.63, 3.8) is 0 Å². The van der Waals surface area contributed by atoms with E-state index in [1.165, 1.54) is 12.1 Å². The van der Waals surface area contributed by atoms with Crippen molar-refractivity contribution in [1.82, 2.24) is 10.1 Å². The van der Waals surface area contributed by atoms with Crippen LogP contribution in [0.25, 0.3) is 0 Å². The highest BCUT2D eigenvalue weighted by Crippen LogP contribution is 2.27. The predicted molar refractivity (Wildman–Crippen MR) is 64.5 cm³/mol. The van der Waals surface area contributed by atoms with E-state index in [9.17, 15) is 10.1 Å². The third kappa shape index (κ3) is 2.75. The Bertz CT molecular complexity index is 584. The van der Waals surface area contributed by atoms with Crippen LogP contribution in [-0.2, 0) is 6.54 Å². The number of nitrogens with zero attached hydrogens (tertiary/aromatic N) is 3. The van der Waals surface area contributed by atoms with Crippen LogP contribution in [0.4, 0.5) is 11.4 Å². The summed E-state index contributed by atoms with van der Waals surface area (Å²) in [7, 11) is 0. The molecule has 2 rings (SSSR count). The molecule has 7 nitrogen and oxygen atoms in total. The lowest BCUT2D eigenvalue weighted by Crippen LogP contribution is -2.02. The summed E-state index contributed by atoms with van der Waals surface area (Å²) in [6.45, 7) is 1.90. The number of hydrogen-bond donors (Lipinski definition) is 1. The topological polar surface area (TPSA) is 94.1 Å². The molecule has 0 atom stereocenters. The summed E-state index contributed by atoms with van der Waals surface area (Å²) >= 11 is 5.71. The summed E-state index contributed by atoms with van der Waals surface area (Å²) in [6.07, 6.45) is 0. The minimum absolute atomic E-state index is 0.0984. The summed E-state index contributed by atoms with van der Waals surface area (Å²) in [5, 5.41) is 17.6. The first-order valence-corrected chi connectivity index (χ1v) is 5.41. The molecular formula is C10H9ClN4O3. The van der Waals surface area contributed by atoms with Crippen molar-refractivity contribution < 1.29 is 9.45 Å². The van der Waals surface area contributed by atoms with Crippen molar-refractivity contribution in [2.24, 2.45) is 0 Å². The number of benzene rings is 1. The number of nitro benzene ring substituents is 1. The van der Waals surface area contributed by atoms with Crippen molar-refractivity contribution in [3.05, 3.63) is 45.1 Å². The van der Waals surface area contributed by atoms with E-state index in [4.69, 9.17) is 16.1 Å². The molecule has 1 heterocycles. The fourth-order valence-electron chi connectivity index (χ4n) is 1.39. The fourth-order valence-corrected chi connectivity index (χ4v) is 1.55. The highest BCUT2D eigenvalue weighted by molar-refractivity contribution is 6.30. The lowest BCUT2D eigenvalue weighted by atomic mass is 10.2. The summed E-state index contributed by atoms with van der Waals surface area (Å²) in [6, 6.07) is 4.38. The van der Waals surface area contributed by atoms with Gasteiger partial charge in [-0.2, -0.15) is 4.98 Å². The van der Waals surface area contributed by atoms with Gasteiger partial charge in [-0.05, 0) is 19.1 Å². The minimum atomic E-state index is -0.507. The van der Waals surface area contributed by atoms with Crippen LogP contribution in [0, 0.1) is 17.0 Å². The molecule has 18 heavy (non-hydrogen) atoms. The summed E-state index contributed by atoms with van der Waals surface area (Å²) in [4.78, 5) is 14.3. The van der Waals surface area contributed by atoms with E-state index in [0.29, 0.717) is 22.4 Å². The van der Waals surface area contributed by atoms with E-state index in [0.717, 1.165) is 0 Å². The zero-order chi connectivity index (χ0) is 13.1. The highest BCUT2D eigenvalue weighted by atomic mass is 35.5. The monoisotopic (exact) mass is 268 g/mol. The van der Waals surface area contributed by atoms with Gasteiger partial charge in [-0.1, -0.05) is 16.8 Å². The number of aromatic nitrogens is 2. The largest absolute Gasteiger partial charge is 0.371 e. The Kier molecular flexibility index (Phi) is 3.42. The van der Waals surface area contributed by atoms with Crippen molar-refractivity contribution in [3.8, 4) is 0 Å². The molecule has 0 fully saturated rings. The Labute approximate surface area is 107 Å². The van der Waals surface area contributed by atoms with Gasteiger partial charge in [-0.15, -0.1) is 0 Å².